The van der Waals surface area contributed by atoms with Gasteiger partial charge >= 0.3 is 12.1 Å². The minimum absolute atomic E-state index is 0.0517. The maximum Gasteiger partial charge on any atom is 0.490 e. The standard InChI is InChI=1S/C31H34N8O4.C2HF3O2/c40-17-24-26(41)27(42)30(43-24)39-19-34-25-28(33-15-23(20-7-3-1-4-8-20)21-9-5-2-6-10-21)35-31(36-29(25)39)37-13-11-22(16-37)38-14-12-32-18-38;3-2(4,5)1(6)7/h1-10,12,14,18-19,22-24,26-27,30,40-42H,11,13,15-17H2,(H,33,35,36);(H,6,7)/t22-,24-,26-,27-,30-;/m1./s1. The zero-order valence-electron chi connectivity index (χ0n) is 26.5. The lowest BCUT2D eigenvalue weighted by atomic mass is 9.91. The molecule has 2 aliphatic heterocycles. The van der Waals surface area contributed by atoms with E-state index in [4.69, 9.17) is 24.6 Å². The Kier molecular flexibility index (Phi) is 10.3. The maximum atomic E-state index is 10.8. The Labute approximate surface area is 283 Å². The van der Waals surface area contributed by atoms with E-state index in [1.165, 1.54) is 11.1 Å². The molecule has 5 heterocycles. The van der Waals surface area contributed by atoms with Gasteiger partial charge in [-0.25, -0.2) is 14.8 Å². The first-order chi connectivity index (χ1) is 24.0. The largest absolute Gasteiger partial charge is 0.490 e. The smallest absolute Gasteiger partial charge is 0.475 e. The van der Waals surface area contributed by atoms with E-state index in [9.17, 15) is 28.5 Å². The van der Waals surface area contributed by atoms with Crippen molar-refractivity contribution < 1.29 is 43.1 Å². The van der Waals surface area contributed by atoms with Crippen LogP contribution in [0, 0.1) is 0 Å². The highest BCUT2D eigenvalue weighted by Crippen LogP contribution is 2.35. The predicted molar refractivity (Wildman–Crippen MR) is 173 cm³/mol. The van der Waals surface area contributed by atoms with Crippen molar-refractivity contribution >= 4 is 28.9 Å². The number of benzene rings is 2. The molecule has 5 aromatic rings. The minimum atomic E-state index is -5.08. The number of ether oxygens (including phenoxy) is 1. The number of alkyl halides is 3. The molecular weight excluding hydrogens is 661 g/mol. The zero-order valence-corrected chi connectivity index (χ0v) is 26.5. The fraction of sp³-hybridized carbons (Fsp3) is 0.364. The summed E-state index contributed by atoms with van der Waals surface area (Å²) < 4.78 is 41.3. The number of imidazole rings is 2. The molecule has 2 fully saturated rings. The van der Waals surface area contributed by atoms with E-state index in [2.05, 4.69) is 49.0 Å². The van der Waals surface area contributed by atoms with Crippen LogP contribution in [-0.4, -0.2) is 106 Å². The molecule has 0 bridgehead atoms. The molecule has 2 saturated heterocycles. The summed E-state index contributed by atoms with van der Waals surface area (Å²) in [5.41, 5.74) is 3.33. The molecule has 0 saturated carbocycles. The van der Waals surface area contributed by atoms with E-state index in [1.807, 2.05) is 48.9 Å². The second kappa shape index (κ2) is 14.8. The van der Waals surface area contributed by atoms with Gasteiger partial charge in [-0.2, -0.15) is 23.1 Å². The number of nitrogens with one attached hydrogen (secondary N) is 1. The van der Waals surface area contributed by atoms with E-state index >= 15 is 0 Å². The van der Waals surface area contributed by atoms with Crippen LogP contribution < -0.4 is 10.2 Å². The number of fused-ring (bicyclic) bond motifs is 1. The van der Waals surface area contributed by atoms with Crippen LogP contribution in [0.5, 0.6) is 0 Å². The Bertz CT molecular complexity index is 1820. The highest BCUT2D eigenvalue weighted by molar-refractivity contribution is 5.84. The van der Waals surface area contributed by atoms with E-state index in [-0.39, 0.29) is 12.0 Å². The quantitative estimate of drug-likeness (QED) is 0.152. The van der Waals surface area contributed by atoms with Crippen LogP contribution >= 0.6 is 0 Å². The van der Waals surface area contributed by atoms with Gasteiger partial charge in [0.15, 0.2) is 23.2 Å². The number of aliphatic hydroxyl groups is 3. The van der Waals surface area contributed by atoms with Crippen molar-refractivity contribution in [3.8, 4) is 0 Å². The van der Waals surface area contributed by atoms with E-state index < -0.39 is 43.3 Å². The molecule has 0 unspecified atom stereocenters. The van der Waals surface area contributed by atoms with Crippen molar-refractivity contribution in [2.75, 3.05) is 36.5 Å². The molecule has 0 spiro atoms. The zero-order chi connectivity index (χ0) is 35.4. The Morgan fingerprint density at radius 2 is 1.66 bits per heavy atom. The fourth-order valence-corrected chi connectivity index (χ4v) is 6.12. The van der Waals surface area contributed by atoms with Gasteiger partial charge in [0, 0.05) is 37.9 Å². The molecule has 5 atom stereocenters. The van der Waals surface area contributed by atoms with Gasteiger partial charge in [0.05, 0.1) is 25.3 Å². The van der Waals surface area contributed by atoms with E-state index in [0.717, 1.165) is 13.0 Å². The molecule has 5 N–H and O–H groups in total. The van der Waals surface area contributed by atoms with Crippen LogP contribution in [0.25, 0.3) is 11.2 Å². The van der Waals surface area contributed by atoms with Crippen molar-refractivity contribution in [3.63, 3.8) is 0 Å². The number of carbonyl (C=O) groups is 1. The Morgan fingerprint density at radius 1 is 1.00 bits per heavy atom. The summed E-state index contributed by atoms with van der Waals surface area (Å²) >= 11 is 0. The molecule has 0 radical (unpaired) electrons. The summed E-state index contributed by atoms with van der Waals surface area (Å²) in [6.07, 6.45) is -1.43. The summed E-state index contributed by atoms with van der Waals surface area (Å²) in [6, 6.07) is 20.9. The first-order valence-corrected chi connectivity index (χ1v) is 15.8. The lowest BCUT2D eigenvalue weighted by Gasteiger charge is -2.22. The van der Waals surface area contributed by atoms with E-state index in [1.54, 1.807) is 17.1 Å². The molecule has 264 valence electrons. The van der Waals surface area contributed by atoms with Crippen LogP contribution in [-0.2, 0) is 9.53 Å². The number of anilines is 2. The minimum Gasteiger partial charge on any atom is -0.475 e. The Balaban J connectivity index is 0.000000561. The molecule has 2 aromatic carbocycles. The van der Waals surface area contributed by atoms with Gasteiger partial charge in [-0.05, 0) is 17.5 Å². The number of aromatic nitrogens is 6. The highest BCUT2D eigenvalue weighted by Gasteiger charge is 2.44. The number of aliphatic carboxylic acids is 1. The van der Waals surface area contributed by atoms with Crippen LogP contribution in [0.2, 0.25) is 0 Å². The normalized spacial score (nSPS) is 22.1. The lowest BCUT2D eigenvalue weighted by Crippen LogP contribution is -2.33. The molecule has 0 aliphatic carbocycles. The predicted octanol–water partition coefficient (Wildman–Crippen LogP) is 2.96. The topological polar surface area (TPSA) is 184 Å². The summed E-state index contributed by atoms with van der Waals surface area (Å²) in [5, 5.41) is 41.6. The van der Waals surface area contributed by atoms with Gasteiger partial charge in [-0.1, -0.05) is 60.7 Å². The monoisotopic (exact) mass is 696 g/mol. The third-order valence-corrected chi connectivity index (χ3v) is 8.71. The average molecular weight is 697 g/mol. The van der Waals surface area contributed by atoms with Crippen LogP contribution in [0.15, 0.2) is 85.7 Å². The second-order valence-electron chi connectivity index (χ2n) is 11.9. The molecular formula is C33H35F3N8O6. The number of carboxylic acids is 1. The van der Waals surface area contributed by atoms with Gasteiger partial charge in [0.25, 0.3) is 0 Å². The second-order valence-corrected chi connectivity index (χ2v) is 11.9. The van der Waals surface area contributed by atoms with Gasteiger partial charge in [-0.15, -0.1) is 0 Å². The third-order valence-electron chi connectivity index (χ3n) is 8.71. The fourth-order valence-electron chi connectivity index (χ4n) is 6.12. The highest BCUT2D eigenvalue weighted by atomic mass is 19.4. The summed E-state index contributed by atoms with van der Waals surface area (Å²) in [7, 11) is 0. The number of carboxylic acid groups (broad SMARTS) is 1. The summed E-state index contributed by atoms with van der Waals surface area (Å²) in [4.78, 5) is 29.7. The molecule has 17 heteroatoms. The number of nitrogens with zero attached hydrogens (tertiary/aromatic N) is 7. The summed E-state index contributed by atoms with van der Waals surface area (Å²) in [5.74, 6) is -1.61. The number of hydrogen-bond donors (Lipinski definition) is 5. The van der Waals surface area contributed by atoms with Crippen molar-refractivity contribution in [1.29, 1.82) is 0 Å². The first-order valence-electron chi connectivity index (χ1n) is 15.8. The third kappa shape index (κ3) is 7.40. The molecule has 3 aromatic heterocycles. The molecule has 50 heavy (non-hydrogen) atoms. The number of rotatable bonds is 9. The van der Waals surface area contributed by atoms with Crippen LogP contribution in [0.3, 0.4) is 0 Å². The van der Waals surface area contributed by atoms with Gasteiger partial charge in [-0.3, -0.25) is 4.57 Å². The number of hydrogen-bond acceptors (Lipinski definition) is 11. The van der Waals surface area contributed by atoms with Crippen LogP contribution in [0.4, 0.5) is 24.9 Å². The maximum absolute atomic E-state index is 10.8. The average Bonchev–Trinajstić information content (AvgIpc) is 3.94. The van der Waals surface area contributed by atoms with Gasteiger partial charge < -0.3 is 39.9 Å². The summed E-state index contributed by atoms with van der Waals surface area (Å²) in [6.45, 7) is 1.60. The molecule has 2 aliphatic rings. The lowest BCUT2D eigenvalue weighted by molar-refractivity contribution is -0.192. The SMILES string of the molecule is O=C(O)C(F)(F)F.OC[C@H]1O[C@@H](n2cnc3c(NCC(c4ccccc4)c4ccccc4)nc(N4CC[C@@H](n5ccnc5)C4)nc32)[C@H](O)[C@@H]1O. The Morgan fingerprint density at radius 3 is 2.22 bits per heavy atom. The van der Waals surface area contributed by atoms with Crippen LogP contribution in [0.1, 0.15) is 35.7 Å². The Hall–Kier alpha value is -5.10. The van der Waals surface area contributed by atoms with Gasteiger partial charge in [0.2, 0.25) is 5.95 Å². The molecule has 7 rings (SSSR count). The van der Waals surface area contributed by atoms with Crippen molar-refractivity contribution in [2.45, 2.75) is 49.1 Å². The number of halogens is 3. The van der Waals surface area contributed by atoms with Crippen molar-refractivity contribution in [1.82, 2.24) is 29.1 Å². The molecule has 14 nitrogen and oxygen atoms in total. The number of aliphatic hydroxyl groups excluding tert-OH is 3. The van der Waals surface area contributed by atoms with Crippen molar-refractivity contribution in [2.24, 2.45) is 0 Å². The first kappa shape index (κ1) is 34.8. The van der Waals surface area contributed by atoms with Crippen molar-refractivity contribution in [3.05, 3.63) is 96.8 Å². The molecule has 0 amide bonds. The van der Waals surface area contributed by atoms with E-state index in [0.29, 0.717) is 36.0 Å². The van der Waals surface area contributed by atoms with Gasteiger partial charge in [0.1, 0.15) is 18.3 Å².